The molecule has 1 aromatic heterocycles. The fourth-order valence-electron chi connectivity index (χ4n) is 3.60. The number of rotatable bonds is 7. The molecule has 0 aliphatic rings. The van der Waals surface area contributed by atoms with Crippen molar-refractivity contribution in [2.45, 2.75) is 19.8 Å². The van der Waals surface area contributed by atoms with Crippen LogP contribution in [0.3, 0.4) is 0 Å². The van der Waals surface area contributed by atoms with Crippen LogP contribution >= 0.6 is 11.3 Å². The zero-order valence-corrected chi connectivity index (χ0v) is 18.6. The van der Waals surface area contributed by atoms with E-state index in [1.807, 2.05) is 6.92 Å². The summed E-state index contributed by atoms with van der Waals surface area (Å²) < 4.78 is 10.5. The summed E-state index contributed by atoms with van der Waals surface area (Å²) in [5, 5.41) is 6.41. The van der Waals surface area contributed by atoms with E-state index in [4.69, 9.17) is 14.5 Å². The minimum absolute atomic E-state index is 0.0873. The molecule has 0 fully saturated rings. The van der Waals surface area contributed by atoms with Crippen molar-refractivity contribution in [2.75, 3.05) is 19.5 Å². The van der Waals surface area contributed by atoms with Gasteiger partial charge in [-0.1, -0.05) is 42.5 Å². The zero-order chi connectivity index (χ0) is 21.8. The predicted octanol–water partition coefficient (Wildman–Crippen LogP) is 5.39. The Hall–Kier alpha value is -3.38. The molecule has 4 aromatic rings. The summed E-state index contributed by atoms with van der Waals surface area (Å²) in [7, 11) is 3.15. The molecule has 1 amide bonds. The summed E-state index contributed by atoms with van der Waals surface area (Å²) in [6.07, 6.45) is 1.04. The monoisotopic (exact) mass is 432 g/mol. The molecule has 0 radical (unpaired) electrons. The molecule has 4 rings (SSSR count). The summed E-state index contributed by atoms with van der Waals surface area (Å²) in [6.45, 7) is 1.96. The van der Waals surface area contributed by atoms with Crippen molar-refractivity contribution in [3.63, 3.8) is 0 Å². The van der Waals surface area contributed by atoms with Crippen LogP contribution in [0.2, 0.25) is 0 Å². The number of anilines is 1. The molecule has 0 aliphatic carbocycles. The lowest BCUT2D eigenvalue weighted by molar-refractivity contribution is -0.115. The molecule has 5 nitrogen and oxygen atoms in total. The van der Waals surface area contributed by atoms with Crippen molar-refractivity contribution in [1.82, 2.24) is 4.98 Å². The van der Waals surface area contributed by atoms with Crippen LogP contribution in [0, 0.1) is 6.92 Å². The van der Waals surface area contributed by atoms with Crippen molar-refractivity contribution < 1.29 is 14.3 Å². The minimum Gasteiger partial charge on any atom is -0.493 e. The van der Waals surface area contributed by atoms with Gasteiger partial charge in [0.1, 0.15) is 0 Å². The van der Waals surface area contributed by atoms with Crippen LogP contribution in [0.15, 0.2) is 60.7 Å². The number of benzene rings is 3. The Morgan fingerprint density at radius 1 is 1.00 bits per heavy atom. The molecule has 0 spiro atoms. The Labute approximate surface area is 185 Å². The molecule has 158 valence electrons. The number of hydrogen-bond donors (Lipinski definition) is 1. The third-order valence-corrected chi connectivity index (χ3v) is 6.30. The number of hydrogen-bond acceptors (Lipinski definition) is 5. The van der Waals surface area contributed by atoms with Gasteiger partial charge in [-0.25, -0.2) is 4.98 Å². The van der Waals surface area contributed by atoms with E-state index in [1.165, 1.54) is 16.3 Å². The van der Waals surface area contributed by atoms with Crippen LogP contribution in [0.5, 0.6) is 11.5 Å². The van der Waals surface area contributed by atoms with Gasteiger partial charge in [0, 0.05) is 23.1 Å². The number of nitrogens with zero attached hydrogens (tertiary/aromatic N) is 1. The first-order valence-electron chi connectivity index (χ1n) is 10.0. The van der Waals surface area contributed by atoms with Crippen LogP contribution in [-0.4, -0.2) is 25.1 Å². The van der Waals surface area contributed by atoms with Gasteiger partial charge in [0.15, 0.2) is 11.5 Å². The summed E-state index contributed by atoms with van der Waals surface area (Å²) in [5.74, 6) is 1.11. The minimum atomic E-state index is -0.0873. The normalized spacial score (nSPS) is 10.8. The van der Waals surface area contributed by atoms with Gasteiger partial charge in [0.2, 0.25) is 5.91 Å². The second kappa shape index (κ2) is 9.18. The third kappa shape index (κ3) is 4.70. The zero-order valence-electron chi connectivity index (χ0n) is 17.8. The van der Waals surface area contributed by atoms with Gasteiger partial charge >= 0.3 is 0 Å². The van der Waals surface area contributed by atoms with Gasteiger partial charge in [-0.15, -0.1) is 11.3 Å². The van der Waals surface area contributed by atoms with Crippen LogP contribution in [0.4, 0.5) is 5.69 Å². The number of aromatic nitrogens is 1. The van der Waals surface area contributed by atoms with Crippen molar-refractivity contribution >= 4 is 33.7 Å². The van der Waals surface area contributed by atoms with Gasteiger partial charge in [-0.3, -0.25) is 4.79 Å². The van der Waals surface area contributed by atoms with E-state index in [2.05, 4.69) is 47.8 Å². The Morgan fingerprint density at radius 2 is 1.77 bits per heavy atom. The summed E-state index contributed by atoms with van der Waals surface area (Å²) in [5.41, 5.74) is 2.82. The maximum atomic E-state index is 12.6. The molecule has 0 atom stereocenters. The number of ether oxygens (including phenoxy) is 2. The Balaban J connectivity index is 1.47. The van der Waals surface area contributed by atoms with E-state index in [0.29, 0.717) is 17.2 Å². The lowest BCUT2D eigenvalue weighted by Gasteiger charge is -2.10. The Kier molecular flexibility index (Phi) is 6.18. The lowest BCUT2D eigenvalue weighted by atomic mass is 10.0. The fourth-order valence-corrected chi connectivity index (χ4v) is 4.69. The number of fused-ring (bicyclic) bond motifs is 1. The van der Waals surface area contributed by atoms with E-state index in [0.717, 1.165) is 22.0 Å². The molecule has 31 heavy (non-hydrogen) atoms. The Morgan fingerprint density at radius 3 is 2.58 bits per heavy atom. The molecule has 0 unspecified atom stereocenters. The predicted molar refractivity (Wildman–Crippen MR) is 125 cm³/mol. The van der Waals surface area contributed by atoms with Gasteiger partial charge in [-0.2, -0.15) is 0 Å². The molecule has 0 bridgehead atoms. The molecular weight excluding hydrogens is 408 g/mol. The molecule has 0 saturated heterocycles. The quantitative estimate of drug-likeness (QED) is 0.425. The highest BCUT2D eigenvalue weighted by Gasteiger charge is 2.14. The fraction of sp³-hybridized carbons (Fsp3) is 0.200. The maximum absolute atomic E-state index is 12.6. The van der Waals surface area contributed by atoms with E-state index < -0.39 is 0 Å². The second-order valence-electron chi connectivity index (χ2n) is 7.23. The Bertz CT molecular complexity index is 1230. The number of carbonyl (C=O) groups excluding carboxylic acids is 1. The number of thiazole rings is 1. The smallest absolute Gasteiger partial charge is 0.229 e. The lowest BCUT2D eigenvalue weighted by Crippen LogP contribution is -2.14. The van der Waals surface area contributed by atoms with Crippen LogP contribution < -0.4 is 14.8 Å². The molecule has 0 saturated carbocycles. The molecule has 3 aromatic carbocycles. The third-order valence-electron chi connectivity index (χ3n) is 5.15. The van der Waals surface area contributed by atoms with Gasteiger partial charge < -0.3 is 14.8 Å². The van der Waals surface area contributed by atoms with Gasteiger partial charge in [-0.05, 0) is 35.4 Å². The van der Waals surface area contributed by atoms with Gasteiger partial charge in [0.25, 0.3) is 0 Å². The standard InChI is InChI=1S/C25H24N2O3S/c1-16-23(15-24(28)27-19-11-12-21(29-2)22(14-19)30-3)31-25(26-16)13-18-9-6-8-17-7-4-5-10-20(17)18/h4-12,14H,13,15H2,1-3H3,(H,27,28). The molecule has 6 heteroatoms. The highest BCUT2D eigenvalue weighted by molar-refractivity contribution is 7.11. The van der Waals surface area contributed by atoms with Crippen molar-refractivity contribution in [1.29, 1.82) is 0 Å². The highest BCUT2D eigenvalue weighted by atomic mass is 32.1. The largest absolute Gasteiger partial charge is 0.493 e. The topological polar surface area (TPSA) is 60.5 Å². The van der Waals surface area contributed by atoms with Crippen LogP contribution in [-0.2, 0) is 17.6 Å². The average Bonchev–Trinajstić information content (AvgIpc) is 3.12. The van der Waals surface area contributed by atoms with E-state index in [-0.39, 0.29) is 12.3 Å². The van der Waals surface area contributed by atoms with Crippen molar-refractivity contribution in [3.8, 4) is 11.5 Å². The number of carbonyl (C=O) groups is 1. The highest BCUT2D eigenvalue weighted by Crippen LogP contribution is 2.30. The van der Waals surface area contributed by atoms with E-state index in [1.54, 1.807) is 43.8 Å². The SMILES string of the molecule is COc1ccc(NC(=O)Cc2sc(Cc3cccc4ccccc34)nc2C)cc1OC. The number of methoxy groups -OCH3 is 2. The maximum Gasteiger partial charge on any atom is 0.229 e. The summed E-state index contributed by atoms with van der Waals surface area (Å²) in [6, 6.07) is 20.0. The average molecular weight is 433 g/mol. The first-order chi connectivity index (χ1) is 15.1. The molecule has 1 N–H and O–H groups in total. The van der Waals surface area contributed by atoms with Crippen molar-refractivity contribution in [3.05, 3.63) is 81.8 Å². The van der Waals surface area contributed by atoms with Crippen LogP contribution in [0.25, 0.3) is 10.8 Å². The number of amides is 1. The van der Waals surface area contributed by atoms with E-state index >= 15 is 0 Å². The molecular formula is C25H24N2O3S. The number of aryl methyl sites for hydroxylation is 1. The molecule has 0 aliphatic heterocycles. The number of nitrogens with one attached hydrogen (secondary N) is 1. The first kappa shape index (κ1) is 20.9. The van der Waals surface area contributed by atoms with Gasteiger partial charge in [0.05, 0.1) is 31.3 Å². The first-order valence-corrected chi connectivity index (χ1v) is 10.8. The summed E-state index contributed by atoms with van der Waals surface area (Å²) in [4.78, 5) is 18.3. The van der Waals surface area contributed by atoms with E-state index in [9.17, 15) is 4.79 Å². The summed E-state index contributed by atoms with van der Waals surface area (Å²) >= 11 is 1.60. The van der Waals surface area contributed by atoms with Crippen LogP contribution in [0.1, 0.15) is 21.1 Å². The van der Waals surface area contributed by atoms with Crippen molar-refractivity contribution in [2.24, 2.45) is 0 Å². The molecule has 1 heterocycles. The second-order valence-corrected chi connectivity index (χ2v) is 8.39.